The number of nitro groups is 2. The van der Waals surface area contributed by atoms with Crippen LogP contribution in [-0.4, -0.2) is 59.2 Å². The Bertz CT molecular complexity index is 2570. The van der Waals surface area contributed by atoms with Gasteiger partial charge in [-0.3, -0.25) is 29.8 Å². The average molecular weight is 956 g/mol. The Kier molecular flexibility index (Phi) is 23.2. The lowest BCUT2D eigenvalue weighted by atomic mass is 10.0. The van der Waals surface area contributed by atoms with Crippen LogP contribution in [0.15, 0.2) is 169 Å². The van der Waals surface area contributed by atoms with Crippen LogP contribution in [-0.2, 0) is 35.0 Å². The number of non-ortho nitro benzene ring substituents is 2. The van der Waals surface area contributed by atoms with Gasteiger partial charge in [0.25, 0.3) is 11.4 Å². The topological polar surface area (TPSA) is 208 Å². The van der Waals surface area contributed by atoms with Crippen molar-refractivity contribution >= 4 is 75.4 Å². The highest BCUT2D eigenvalue weighted by Crippen LogP contribution is 2.46. The van der Waals surface area contributed by atoms with E-state index in [4.69, 9.17) is 19.9 Å². The van der Waals surface area contributed by atoms with Crippen LogP contribution in [0.5, 0.6) is 0 Å². The van der Waals surface area contributed by atoms with Crippen LogP contribution < -0.4 is 21.6 Å². The number of esters is 3. The summed E-state index contributed by atoms with van der Waals surface area (Å²) in [6.45, 7) is 9.67. The molecule has 0 bridgehead atoms. The molecule has 1 atom stereocenters. The van der Waals surface area contributed by atoms with Gasteiger partial charge in [0.1, 0.15) is 6.29 Å². The smallest absolute Gasteiger partial charge is 0.334 e. The number of nitrogen functional groups attached to an aromatic ring is 1. The van der Waals surface area contributed by atoms with Crippen molar-refractivity contribution in [1.29, 1.82) is 0 Å². The first-order valence-electron chi connectivity index (χ1n) is 22.0. The van der Waals surface area contributed by atoms with Crippen LogP contribution in [0.4, 0.5) is 17.1 Å². The molecule has 0 saturated carbocycles. The summed E-state index contributed by atoms with van der Waals surface area (Å²) in [5.74, 6) is -0.855. The van der Waals surface area contributed by atoms with Crippen LogP contribution in [0.25, 0.3) is 6.08 Å². The predicted molar refractivity (Wildman–Crippen MR) is 275 cm³/mol. The molecule has 6 rings (SSSR count). The van der Waals surface area contributed by atoms with Gasteiger partial charge in [-0.2, -0.15) is 0 Å². The molecule has 0 radical (unpaired) electrons. The van der Waals surface area contributed by atoms with Crippen LogP contribution in [0, 0.1) is 26.1 Å². The fraction of sp³-hybridized carbons (Fsp3) is 0.204. The molecule has 0 aliphatic heterocycles. The molecule has 14 nitrogen and oxygen atoms in total. The zero-order valence-corrected chi connectivity index (χ0v) is 40.5. The van der Waals surface area contributed by atoms with Gasteiger partial charge in [-0.15, -0.1) is 0 Å². The summed E-state index contributed by atoms with van der Waals surface area (Å²) in [7, 11) is 0. The van der Waals surface area contributed by atoms with Crippen LogP contribution in [0.1, 0.15) is 63.0 Å². The van der Waals surface area contributed by atoms with Gasteiger partial charge in [0.15, 0.2) is 0 Å². The molecule has 0 spiro atoms. The number of anilines is 1. The maximum atomic E-state index is 12.9. The number of carbonyl (C=O) groups excluding carboxylic acids is 4. The standard InChI is InChI=1S/C23H23O2P.C12H13NO4.C12H17NO2.C7H5NO3/c1-3-25-23(24)19(2)26(20-13-7-4-8-14-20,21-15-9-5-10-16-21)22-17-11-6-12-18-22;1-3-17-12(14)9(2)8-10-4-6-11(7-5-10)13(15)16;1-3-15-12(14)9(2)8-10-4-6-11(13)7-5-10;9-5-6-1-3-7(4-2-6)8(10)11/h4-18H,3H2,1-2H3;4-8H,3H2,1-2H3;4-7,9H,3,8,13H2,1-2H3;1-5H/b;9-8+;;. The van der Waals surface area contributed by atoms with E-state index in [9.17, 15) is 39.4 Å². The molecule has 0 aromatic heterocycles. The van der Waals surface area contributed by atoms with E-state index < -0.39 is 16.7 Å². The van der Waals surface area contributed by atoms with Crippen LogP contribution in [0.3, 0.4) is 0 Å². The average Bonchev–Trinajstić information content (AvgIpc) is 3.37. The summed E-state index contributed by atoms with van der Waals surface area (Å²) < 4.78 is 15.2. The van der Waals surface area contributed by atoms with E-state index in [1.807, 2.05) is 107 Å². The van der Waals surface area contributed by atoms with Crippen molar-refractivity contribution in [3.8, 4) is 0 Å². The molecule has 2 N–H and O–H groups in total. The first kappa shape index (κ1) is 55.4. The van der Waals surface area contributed by atoms with E-state index in [0.29, 0.717) is 43.7 Å². The number of hydrogen-bond donors (Lipinski definition) is 1. The molecular weight excluding hydrogens is 898 g/mol. The highest BCUT2D eigenvalue weighted by Gasteiger charge is 2.31. The Hall–Kier alpha value is -7.96. The van der Waals surface area contributed by atoms with E-state index in [-0.39, 0.29) is 35.2 Å². The van der Waals surface area contributed by atoms with E-state index >= 15 is 0 Å². The molecule has 0 aliphatic carbocycles. The maximum absolute atomic E-state index is 12.9. The van der Waals surface area contributed by atoms with E-state index in [0.717, 1.165) is 38.0 Å². The quantitative estimate of drug-likeness (QED) is 0.0149. The van der Waals surface area contributed by atoms with E-state index in [1.165, 1.54) is 36.4 Å². The molecule has 69 heavy (non-hydrogen) atoms. The molecule has 6 aromatic rings. The molecule has 0 amide bonds. The van der Waals surface area contributed by atoms with Crippen molar-refractivity contribution in [2.24, 2.45) is 5.92 Å². The molecule has 0 heterocycles. The number of ether oxygens (including phenoxy) is 3. The SMILES string of the molecule is CCOC(=O)/C(C)=C/c1ccc([N+](=O)[O-])cc1.CCOC(=O)C(C)=P(c1ccccc1)(c1ccccc1)c1ccccc1.CCOC(=O)C(C)Cc1ccc(N)cc1.O=Cc1ccc([N+](=O)[O-])cc1. The Morgan fingerprint density at radius 1 is 0.580 bits per heavy atom. The Balaban J connectivity index is 0.000000257. The van der Waals surface area contributed by atoms with Gasteiger partial charge in [-0.1, -0.05) is 110 Å². The number of nitro benzene ring substituents is 2. The van der Waals surface area contributed by atoms with E-state index in [1.54, 1.807) is 32.1 Å². The molecule has 6 aromatic carbocycles. The van der Waals surface area contributed by atoms with Crippen LogP contribution in [0.2, 0.25) is 0 Å². The second-order valence-electron chi connectivity index (χ2n) is 14.9. The van der Waals surface area contributed by atoms with Gasteiger partial charge in [0, 0.05) is 46.4 Å². The van der Waals surface area contributed by atoms with Crippen molar-refractivity contribution in [2.45, 2.75) is 48.0 Å². The summed E-state index contributed by atoms with van der Waals surface area (Å²) in [6, 6.07) is 49.9. The van der Waals surface area contributed by atoms with Crippen LogP contribution >= 0.6 is 6.89 Å². The number of rotatable bonds is 15. The van der Waals surface area contributed by atoms with Gasteiger partial charge < -0.3 is 19.9 Å². The van der Waals surface area contributed by atoms with Gasteiger partial charge >= 0.3 is 17.9 Å². The van der Waals surface area contributed by atoms with Gasteiger partial charge in [-0.25, -0.2) is 9.59 Å². The molecule has 15 heteroatoms. The molecule has 0 fully saturated rings. The Morgan fingerprint density at radius 3 is 1.35 bits per heavy atom. The molecule has 1 unspecified atom stereocenters. The third-order valence-electron chi connectivity index (χ3n) is 10.0. The second kappa shape index (κ2) is 28.9. The molecule has 360 valence electrons. The summed E-state index contributed by atoms with van der Waals surface area (Å²) in [4.78, 5) is 65.3. The number of aldehydes is 1. The lowest BCUT2D eigenvalue weighted by Gasteiger charge is -2.31. The van der Waals surface area contributed by atoms with Crippen molar-refractivity contribution in [1.82, 2.24) is 0 Å². The number of nitrogens with two attached hydrogens (primary N) is 1. The summed E-state index contributed by atoms with van der Waals surface area (Å²) in [5, 5.41) is 24.8. The highest BCUT2D eigenvalue weighted by molar-refractivity contribution is 7.96. The lowest BCUT2D eigenvalue weighted by molar-refractivity contribution is -0.385. The largest absolute Gasteiger partial charge is 0.466 e. The minimum atomic E-state index is -2.29. The number of benzene rings is 6. The molecular formula is C54H58N3O11P. The first-order valence-corrected chi connectivity index (χ1v) is 23.8. The third kappa shape index (κ3) is 17.0. The summed E-state index contributed by atoms with van der Waals surface area (Å²) in [5.41, 5.74) is 9.06. The zero-order valence-electron chi connectivity index (χ0n) is 39.6. The van der Waals surface area contributed by atoms with E-state index in [2.05, 4.69) is 36.4 Å². The second-order valence-corrected chi connectivity index (χ2v) is 18.5. The number of hydrogen-bond acceptors (Lipinski definition) is 12. The van der Waals surface area contributed by atoms with Gasteiger partial charge in [0.05, 0.1) is 35.6 Å². The third-order valence-corrected chi connectivity index (χ3v) is 14.4. The molecule has 0 aliphatic rings. The van der Waals surface area contributed by atoms with Crippen molar-refractivity contribution in [2.75, 3.05) is 25.6 Å². The van der Waals surface area contributed by atoms with Crippen molar-refractivity contribution in [3.05, 3.63) is 206 Å². The normalized spacial score (nSPS) is 11.0. The highest BCUT2D eigenvalue weighted by atomic mass is 31.2. The fourth-order valence-electron chi connectivity index (χ4n) is 6.65. The number of nitrogens with zero attached hydrogens (tertiary/aromatic N) is 2. The molecule has 0 saturated heterocycles. The Morgan fingerprint density at radius 2 is 0.971 bits per heavy atom. The minimum absolute atomic E-state index is 0.00407. The maximum Gasteiger partial charge on any atom is 0.334 e. The lowest BCUT2D eigenvalue weighted by Crippen LogP contribution is -2.33. The van der Waals surface area contributed by atoms with Crippen molar-refractivity contribution in [3.63, 3.8) is 0 Å². The summed E-state index contributed by atoms with van der Waals surface area (Å²) >= 11 is 0. The predicted octanol–water partition coefficient (Wildman–Crippen LogP) is 9.71. The minimum Gasteiger partial charge on any atom is -0.466 e. The van der Waals surface area contributed by atoms with Gasteiger partial charge in [-0.05, 0) is 117 Å². The monoisotopic (exact) mass is 955 g/mol. The zero-order chi connectivity index (χ0) is 50.8. The first-order chi connectivity index (χ1) is 33.1. The van der Waals surface area contributed by atoms with Gasteiger partial charge in [0.2, 0.25) is 0 Å². The fourth-order valence-corrected chi connectivity index (χ4v) is 10.9. The van der Waals surface area contributed by atoms with Crippen molar-refractivity contribution < 1.29 is 43.2 Å². The number of carbonyl (C=O) groups is 4. The summed E-state index contributed by atoms with van der Waals surface area (Å²) in [6.07, 6.45) is 2.96. The Labute approximate surface area is 403 Å².